The molecule has 4 nitrogen and oxygen atoms in total. The summed E-state index contributed by atoms with van der Waals surface area (Å²) in [6.45, 7) is 7.01. The lowest BCUT2D eigenvalue weighted by molar-refractivity contribution is 0.00257. The third-order valence-corrected chi connectivity index (χ3v) is 4.62. The van der Waals surface area contributed by atoms with E-state index < -0.39 is 0 Å². The Balaban J connectivity index is 1.68. The van der Waals surface area contributed by atoms with Gasteiger partial charge in [0.2, 0.25) is 0 Å². The Bertz CT molecular complexity index is 394. The zero-order chi connectivity index (χ0) is 13.1. The molecule has 0 spiro atoms. The first-order valence-corrected chi connectivity index (χ1v) is 7.61. The number of piperazine rings is 1. The van der Waals surface area contributed by atoms with E-state index in [1.54, 1.807) is 6.20 Å². The molecule has 1 aromatic heterocycles. The fourth-order valence-electron chi connectivity index (χ4n) is 3.52. The number of hydrogen-bond acceptors (Lipinski definition) is 4. The Morgan fingerprint density at radius 3 is 3.05 bits per heavy atom. The van der Waals surface area contributed by atoms with Gasteiger partial charge in [-0.25, -0.2) is 0 Å². The molecule has 0 bridgehead atoms. The van der Waals surface area contributed by atoms with E-state index in [-0.39, 0.29) is 0 Å². The second kappa shape index (κ2) is 5.97. The van der Waals surface area contributed by atoms with Crippen molar-refractivity contribution >= 4 is 0 Å². The molecule has 2 fully saturated rings. The van der Waals surface area contributed by atoms with Crippen LogP contribution in [0.25, 0.3) is 0 Å². The maximum absolute atomic E-state index is 4.24. The van der Waals surface area contributed by atoms with Gasteiger partial charge in [0, 0.05) is 37.9 Å². The first-order chi connectivity index (χ1) is 9.36. The second-order valence-electron chi connectivity index (χ2n) is 5.85. The normalized spacial score (nSPS) is 29.1. The highest BCUT2D eigenvalue weighted by Crippen LogP contribution is 2.26. The molecule has 3 heterocycles. The van der Waals surface area contributed by atoms with Gasteiger partial charge in [-0.1, -0.05) is 13.3 Å². The lowest BCUT2D eigenvalue weighted by Crippen LogP contribution is -2.59. The molecule has 0 radical (unpaired) electrons. The standard InChI is InChI=1S/C15H24N4/c1-2-14-11-18-9-4-3-7-15(18)12-19(14)10-13-6-5-8-16-17-13/h5-6,8,14-15H,2-4,7,9-12H2,1H3. The number of aromatic nitrogens is 2. The molecule has 1 aromatic rings. The molecule has 2 aliphatic heterocycles. The Hall–Kier alpha value is -1.00. The second-order valence-corrected chi connectivity index (χ2v) is 5.85. The summed E-state index contributed by atoms with van der Waals surface area (Å²) in [5, 5.41) is 8.24. The third-order valence-electron chi connectivity index (χ3n) is 4.62. The summed E-state index contributed by atoms with van der Waals surface area (Å²) in [5.74, 6) is 0. The molecule has 0 amide bonds. The van der Waals surface area contributed by atoms with Crippen molar-refractivity contribution in [3.8, 4) is 0 Å². The minimum absolute atomic E-state index is 0.677. The summed E-state index contributed by atoms with van der Waals surface area (Å²) in [6, 6.07) is 5.53. The van der Waals surface area contributed by atoms with Crippen LogP contribution in [0.3, 0.4) is 0 Å². The Labute approximate surface area is 115 Å². The van der Waals surface area contributed by atoms with Gasteiger partial charge in [0.25, 0.3) is 0 Å². The minimum Gasteiger partial charge on any atom is -0.298 e. The van der Waals surface area contributed by atoms with E-state index in [9.17, 15) is 0 Å². The minimum atomic E-state index is 0.677. The molecule has 0 saturated carbocycles. The van der Waals surface area contributed by atoms with Gasteiger partial charge in [0.1, 0.15) is 0 Å². The molecule has 0 aromatic carbocycles. The highest BCUT2D eigenvalue weighted by molar-refractivity contribution is 5.01. The topological polar surface area (TPSA) is 32.3 Å². The van der Waals surface area contributed by atoms with E-state index in [2.05, 4.69) is 33.0 Å². The Morgan fingerprint density at radius 1 is 1.32 bits per heavy atom. The molecule has 0 aliphatic carbocycles. The van der Waals surface area contributed by atoms with Crippen LogP contribution in [0.1, 0.15) is 38.3 Å². The van der Waals surface area contributed by atoms with Gasteiger partial charge < -0.3 is 0 Å². The summed E-state index contributed by atoms with van der Waals surface area (Å²) >= 11 is 0. The van der Waals surface area contributed by atoms with Crippen molar-refractivity contribution < 1.29 is 0 Å². The Kier molecular flexibility index (Phi) is 4.09. The lowest BCUT2D eigenvalue weighted by atomic mass is 9.95. The largest absolute Gasteiger partial charge is 0.298 e. The SMILES string of the molecule is CCC1CN2CCCCC2CN1Cc1cccnn1. The van der Waals surface area contributed by atoms with Crippen molar-refractivity contribution in [1.29, 1.82) is 0 Å². The molecule has 2 unspecified atom stereocenters. The van der Waals surface area contributed by atoms with Crippen LogP contribution in [-0.4, -0.2) is 51.7 Å². The van der Waals surface area contributed by atoms with E-state index in [1.165, 1.54) is 45.3 Å². The van der Waals surface area contributed by atoms with Crippen molar-refractivity contribution in [2.45, 2.75) is 51.2 Å². The van der Waals surface area contributed by atoms with Crippen LogP contribution >= 0.6 is 0 Å². The summed E-state index contributed by atoms with van der Waals surface area (Å²) in [4.78, 5) is 5.33. The first kappa shape index (κ1) is 13.0. The molecule has 0 N–H and O–H groups in total. The maximum Gasteiger partial charge on any atom is 0.0771 e. The van der Waals surface area contributed by atoms with Gasteiger partial charge in [-0.2, -0.15) is 10.2 Å². The van der Waals surface area contributed by atoms with E-state index >= 15 is 0 Å². The number of piperidine rings is 1. The first-order valence-electron chi connectivity index (χ1n) is 7.61. The van der Waals surface area contributed by atoms with Crippen LogP contribution in [0.4, 0.5) is 0 Å². The third kappa shape index (κ3) is 2.95. The molecule has 3 rings (SSSR count). The quantitative estimate of drug-likeness (QED) is 0.831. The highest BCUT2D eigenvalue weighted by Gasteiger charge is 2.34. The molecule has 19 heavy (non-hydrogen) atoms. The average Bonchev–Trinajstić information content (AvgIpc) is 2.47. The number of rotatable bonds is 3. The van der Waals surface area contributed by atoms with Crippen LogP contribution in [0.15, 0.2) is 18.3 Å². The van der Waals surface area contributed by atoms with Crippen LogP contribution in [0, 0.1) is 0 Å². The van der Waals surface area contributed by atoms with Crippen molar-refractivity contribution in [1.82, 2.24) is 20.0 Å². The average molecular weight is 260 g/mol. The van der Waals surface area contributed by atoms with Crippen molar-refractivity contribution in [2.24, 2.45) is 0 Å². The fraction of sp³-hybridized carbons (Fsp3) is 0.733. The van der Waals surface area contributed by atoms with Crippen LogP contribution < -0.4 is 0 Å². The number of hydrogen-bond donors (Lipinski definition) is 0. The highest BCUT2D eigenvalue weighted by atomic mass is 15.3. The predicted molar refractivity (Wildman–Crippen MR) is 75.7 cm³/mol. The molecular weight excluding hydrogens is 236 g/mol. The summed E-state index contributed by atoms with van der Waals surface area (Å²) in [7, 11) is 0. The summed E-state index contributed by atoms with van der Waals surface area (Å²) in [5.41, 5.74) is 1.10. The molecular formula is C15H24N4. The molecule has 2 atom stereocenters. The zero-order valence-electron chi connectivity index (χ0n) is 11.8. The van der Waals surface area contributed by atoms with Crippen molar-refractivity contribution in [3.05, 3.63) is 24.0 Å². The smallest absolute Gasteiger partial charge is 0.0771 e. The van der Waals surface area contributed by atoms with Gasteiger partial charge in [-0.3, -0.25) is 9.80 Å². The summed E-state index contributed by atoms with van der Waals surface area (Å²) < 4.78 is 0. The van der Waals surface area contributed by atoms with E-state index in [0.29, 0.717) is 6.04 Å². The molecule has 4 heteroatoms. The van der Waals surface area contributed by atoms with Gasteiger partial charge in [0.15, 0.2) is 0 Å². The van der Waals surface area contributed by atoms with Crippen LogP contribution in [0.2, 0.25) is 0 Å². The van der Waals surface area contributed by atoms with Gasteiger partial charge in [-0.05, 0) is 37.9 Å². The molecule has 2 saturated heterocycles. The molecule has 2 aliphatic rings. The zero-order valence-corrected chi connectivity index (χ0v) is 11.8. The van der Waals surface area contributed by atoms with Crippen LogP contribution in [-0.2, 0) is 6.54 Å². The predicted octanol–water partition coefficient (Wildman–Crippen LogP) is 1.93. The lowest BCUT2D eigenvalue weighted by Gasteiger charge is -2.48. The molecule has 104 valence electrons. The number of nitrogens with zero attached hydrogens (tertiary/aromatic N) is 4. The van der Waals surface area contributed by atoms with Gasteiger partial charge in [0.05, 0.1) is 5.69 Å². The maximum atomic E-state index is 4.24. The number of fused-ring (bicyclic) bond motifs is 1. The van der Waals surface area contributed by atoms with E-state index in [1.807, 2.05) is 6.07 Å². The van der Waals surface area contributed by atoms with E-state index in [4.69, 9.17) is 0 Å². The van der Waals surface area contributed by atoms with E-state index in [0.717, 1.165) is 18.3 Å². The van der Waals surface area contributed by atoms with Gasteiger partial charge in [-0.15, -0.1) is 0 Å². The van der Waals surface area contributed by atoms with Crippen LogP contribution in [0.5, 0.6) is 0 Å². The Morgan fingerprint density at radius 2 is 2.26 bits per heavy atom. The summed E-state index contributed by atoms with van der Waals surface area (Å²) in [6.07, 6.45) is 7.13. The monoisotopic (exact) mass is 260 g/mol. The van der Waals surface area contributed by atoms with Gasteiger partial charge >= 0.3 is 0 Å². The fourth-order valence-corrected chi connectivity index (χ4v) is 3.52. The van der Waals surface area contributed by atoms with Crippen molar-refractivity contribution in [3.63, 3.8) is 0 Å². The van der Waals surface area contributed by atoms with Crippen molar-refractivity contribution in [2.75, 3.05) is 19.6 Å².